The van der Waals surface area contributed by atoms with Gasteiger partial charge in [0.1, 0.15) is 0 Å². The van der Waals surface area contributed by atoms with Crippen molar-refractivity contribution in [2.45, 2.75) is 0 Å². The lowest BCUT2D eigenvalue weighted by Crippen LogP contribution is -2.08. The van der Waals surface area contributed by atoms with Crippen molar-refractivity contribution < 1.29 is 0 Å². The molecule has 21 heavy (non-hydrogen) atoms. The van der Waals surface area contributed by atoms with E-state index in [1.54, 1.807) is 18.3 Å². The fourth-order valence-corrected chi connectivity index (χ4v) is 1.74. The van der Waals surface area contributed by atoms with E-state index in [4.69, 9.17) is 0 Å². The standard InChI is InChI=1S/C13H14N8/c1-20(2)11-5-3-10(4-6-11)9-14-15-12-7-8-13-16-18-19-21(13)17-12/h3-9H,1-2H3,(H,15,17). The Labute approximate surface area is 121 Å². The molecule has 0 radical (unpaired) electrons. The number of nitrogens with zero attached hydrogens (tertiary/aromatic N) is 7. The normalized spacial score (nSPS) is 11.1. The molecular formula is C13H14N8. The highest BCUT2D eigenvalue weighted by Crippen LogP contribution is 2.11. The Morgan fingerprint density at radius 2 is 1.95 bits per heavy atom. The summed E-state index contributed by atoms with van der Waals surface area (Å²) in [4.78, 5) is 2.05. The summed E-state index contributed by atoms with van der Waals surface area (Å²) in [6.45, 7) is 0. The van der Waals surface area contributed by atoms with Gasteiger partial charge in [0.15, 0.2) is 11.5 Å². The summed E-state index contributed by atoms with van der Waals surface area (Å²) in [7, 11) is 4.01. The van der Waals surface area contributed by atoms with Crippen molar-refractivity contribution in [1.29, 1.82) is 0 Å². The van der Waals surface area contributed by atoms with Crippen molar-refractivity contribution in [2.24, 2.45) is 5.10 Å². The second kappa shape index (κ2) is 5.53. The van der Waals surface area contributed by atoms with Crippen LogP contribution >= 0.6 is 0 Å². The van der Waals surface area contributed by atoms with E-state index in [-0.39, 0.29) is 0 Å². The third kappa shape index (κ3) is 2.94. The number of aromatic nitrogens is 5. The van der Waals surface area contributed by atoms with E-state index in [1.807, 2.05) is 43.3 Å². The maximum absolute atomic E-state index is 4.15. The first-order valence-electron chi connectivity index (χ1n) is 6.34. The van der Waals surface area contributed by atoms with Gasteiger partial charge in [-0.2, -0.15) is 5.10 Å². The third-order valence-electron chi connectivity index (χ3n) is 2.87. The van der Waals surface area contributed by atoms with Crippen LogP contribution < -0.4 is 10.3 Å². The number of nitrogens with one attached hydrogen (secondary N) is 1. The van der Waals surface area contributed by atoms with Crippen molar-refractivity contribution in [1.82, 2.24) is 25.3 Å². The van der Waals surface area contributed by atoms with E-state index in [0.717, 1.165) is 11.3 Å². The molecule has 8 nitrogen and oxygen atoms in total. The van der Waals surface area contributed by atoms with Crippen LogP contribution in [0.3, 0.4) is 0 Å². The Morgan fingerprint density at radius 3 is 2.71 bits per heavy atom. The highest BCUT2D eigenvalue weighted by atomic mass is 15.6. The zero-order valence-electron chi connectivity index (χ0n) is 11.7. The van der Waals surface area contributed by atoms with Gasteiger partial charge in [0.25, 0.3) is 0 Å². The van der Waals surface area contributed by atoms with Crippen molar-refractivity contribution in [2.75, 3.05) is 24.4 Å². The molecule has 1 aromatic carbocycles. The van der Waals surface area contributed by atoms with E-state index in [0.29, 0.717) is 11.5 Å². The molecule has 0 atom stereocenters. The number of rotatable bonds is 4. The average Bonchev–Trinajstić information content (AvgIpc) is 2.95. The minimum Gasteiger partial charge on any atom is -0.378 e. The summed E-state index contributed by atoms with van der Waals surface area (Å²) in [6.07, 6.45) is 1.73. The predicted molar refractivity (Wildman–Crippen MR) is 80.6 cm³/mol. The fraction of sp³-hybridized carbons (Fsp3) is 0.154. The molecule has 0 aliphatic rings. The zero-order valence-corrected chi connectivity index (χ0v) is 11.7. The van der Waals surface area contributed by atoms with E-state index < -0.39 is 0 Å². The Hall–Kier alpha value is -3.03. The number of fused-ring (bicyclic) bond motifs is 1. The van der Waals surface area contributed by atoms with Crippen LogP contribution in [0.15, 0.2) is 41.5 Å². The zero-order chi connectivity index (χ0) is 14.7. The summed E-state index contributed by atoms with van der Waals surface area (Å²) in [5.74, 6) is 0.566. The smallest absolute Gasteiger partial charge is 0.200 e. The van der Waals surface area contributed by atoms with Crippen LogP contribution in [0.25, 0.3) is 5.65 Å². The first-order valence-corrected chi connectivity index (χ1v) is 6.34. The van der Waals surface area contributed by atoms with E-state index >= 15 is 0 Å². The van der Waals surface area contributed by atoms with Gasteiger partial charge < -0.3 is 4.90 Å². The van der Waals surface area contributed by atoms with Crippen LogP contribution in [0.4, 0.5) is 11.5 Å². The average molecular weight is 282 g/mol. The topological polar surface area (TPSA) is 83.6 Å². The molecule has 0 aliphatic heterocycles. The van der Waals surface area contributed by atoms with Gasteiger partial charge in [0.05, 0.1) is 6.21 Å². The lowest BCUT2D eigenvalue weighted by molar-refractivity contribution is 0.735. The number of tetrazole rings is 1. The first-order chi connectivity index (χ1) is 10.2. The molecule has 0 saturated carbocycles. The summed E-state index contributed by atoms with van der Waals surface area (Å²) in [5.41, 5.74) is 5.57. The molecule has 2 aromatic heterocycles. The molecule has 0 bridgehead atoms. The summed E-state index contributed by atoms with van der Waals surface area (Å²) >= 11 is 0. The minimum atomic E-state index is 0.566. The predicted octanol–water partition coefficient (Wildman–Crippen LogP) is 1.03. The fourth-order valence-electron chi connectivity index (χ4n) is 1.74. The van der Waals surface area contributed by atoms with Crippen molar-refractivity contribution in [3.05, 3.63) is 42.0 Å². The Kier molecular flexibility index (Phi) is 3.42. The van der Waals surface area contributed by atoms with Gasteiger partial charge in [-0.05, 0) is 40.3 Å². The van der Waals surface area contributed by atoms with Crippen molar-refractivity contribution >= 4 is 23.4 Å². The molecule has 106 valence electrons. The van der Waals surface area contributed by atoms with Crippen LogP contribution in [-0.4, -0.2) is 45.6 Å². The molecule has 0 spiro atoms. The Bertz CT molecular complexity index is 759. The van der Waals surface area contributed by atoms with Gasteiger partial charge in [0, 0.05) is 19.8 Å². The highest BCUT2D eigenvalue weighted by molar-refractivity contribution is 5.80. The lowest BCUT2D eigenvalue weighted by atomic mass is 10.2. The first kappa shape index (κ1) is 13.0. The lowest BCUT2D eigenvalue weighted by Gasteiger charge is -2.11. The SMILES string of the molecule is CN(C)c1ccc(C=NNc2ccc3nnnn3n2)cc1. The molecule has 3 rings (SSSR count). The van der Waals surface area contributed by atoms with Crippen molar-refractivity contribution in [3.63, 3.8) is 0 Å². The number of hydrazone groups is 1. The van der Waals surface area contributed by atoms with Gasteiger partial charge >= 0.3 is 0 Å². The number of benzene rings is 1. The van der Waals surface area contributed by atoms with E-state index in [2.05, 4.69) is 31.2 Å². The maximum atomic E-state index is 4.15. The van der Waals surface area contributed by atoms with Crippen LogP contribution in [-0.2, 0) is 0 Å². The molecule has 2 heterocycles. The number of hydrogen-bond donors (Lipinski definition) is 1. The van der Waals surface area contributed by atoms with Gasteiger partial charge in [-0.15, -0.1) is 14.8 Å². The molecule has 0 aliphatic carbocycles. The molecule has 3 aromatic rings. The van der Waals surface area contributed by atoms with Gasteiger partial charge in [-0.25, -0.2) is 0 Å². The van der Waals surface area contributed by atoms with Gasteiger partial charge in [-0.1, -0.05) is 12.1 Å². The van der Waals surface area contributed by atoms with Crippen LogP contribution in [0.2, 0.25) is 0 Å². The van der Waals surface area contributed by atoms with Gasteiger partial charge in [0.2, 0.25) is 0 Å². The quantitative estimate of drug-likeness (QED) is 0.568. The molecule has 8 heteroatoms. The second-order valence-corrected chi connectivity index (χ2v) is 4.60. The summed E-state index contributed by atoms with van der Waals surface area (Å²) < 4.78 is 1.34. The Morgan fingerprint density at radius 1 is 1.14 bits per heavy atom. The summed E-state index contributed by atoms with van der Waals surface area (Å²) in [5, 5.41) is 19.3. The Balaban J connectivity index is 1.68. The molecule has 0 fully saturated rings. The number of anilines is 2. The molecule has 0 saturated heterocycles. The largest absolute Gasteiger partial charge is 0.378 e. The molecule has 1 N–H and O–H groups in total. The van der Waals surface area contributed by atoms with E-state index in [1.165, 1.54) is 4.63 Å². The highest BCUT2D eigenvalue weighted by Gasteiger charge is 1.99. The van der Waals surface area contributed by atoms with Crippen LogP contribution in [0, 0.1) is 0 Å². The molecule has 0 amide bonds. The maximum Gasteiger partial charge on any atom is 0.200 e. The molecule has 0 unspecified atom stereocenters. The van der Waals surface area contributed by atoms with Crippen molar-refractivity contribution in [3.8, 4) is 0 Å². The van der Waals surface area contributed by atoms with Crippen LogP contribution in [0.5, 0.6) is 0 Å². The van der Waals surface area contributed by atoms with Gasteiger partial charge in [-0.3, -0.25) is 5.43 Å². The minimum absolute atomic E-state index is 0.566. The third-order valence-corrected chi connectivity index (χ3v) is 2.87. The monoisotopic (exact) mass is 282 g/mol. The second-order valence-electron chi connectivity index (χ2n) is 4.60. The summed E-state index contributed by atoms with van der Waals surface area (Å²) in [6, 6.07) is 11.6. The number of hydrogen-bond acceptors (Lipinski definition) is 7. The molecular weight excluding hydrogens is 268 g/mol. The van der Waals surface area contributed by atoms with Crippen LogP contribution in [0.1, 0.15) is 5.56 Å². The van der Waals surface area contributed by atoms with E-state index in [9.17, 15) is 0 Å².